The average Bonchev–Trinajstić information content (AvgIpc) is 3.00. The van der Waals surface area contributed by atoms with Gasteiger partial charge in [-0.3, -0.25) is 18.9 Å². The molecule has 0 bridgehead atoms. The normalized spacial score (nSPS) is 24.7. The molecule has 0 radical (unpaired) electrons. The van der Waals surface area contributed by atoms with E-state index in [2.05, 4.69) is 19.5 Å². The number of aromatic nitrogens is 4. The zero-order chi connectivity index (χ0) is 17.6. The zero-order valence-corrected chi connectivity index (χ0v) is 19.3. The molecule has 3 rings (SSSR count). The Morgan fingerprint density at radius 1 is 1.37 bits per heavy atom. The van der Waals surface area contributed by atoms with Gasteiger partial charge in [0.15, 0.2) is 17.4 Å². The Hall–Kier alpha value is 0.1000. The van der Waals surface area contributed by atoms with Crippen molar-refractivity contribution in [2.75, 3.05) is 12.3 Å². The summed E-state index contributed by atoms with van der Waals surface area (Å²) in [4.78, 5) is 39.1. The standard InChI is InChI=1S/C10H14N5O8P.2Na.H2O.2H/c11-10-13-7-4(8(18)14-10)12-2-15(7)9-6(17)5(16)3(23-9)1-22-24(19,20)21;;;;;/h2-3,5-6,9,16-17H,1H2,(H2,19,20,21)(H3,11,13,14,18);;;1H2;;/q;2*+1;;2*-1/t3-,5-,6-,9-;;;;;/m1...../s1. The number of phosphoric ester groups is 1. The summed E-state index contributed by atoms with van der Waals surface area (Å²) in [7, 11) is -4.76. The van der Waals surface area contributed by atoms with E-state index in [9.17, 15) is 19.6 Å². The molecule has 14 nitrogen and oxygen atoms in total. The van der Waals surface area contributed by atoms with Crippen LogP contribution in [0.15, 0.2) is 11.1 Å². The van der Waals surface area contributed by atoms with Gasteiger partial charge in [0, 0.05) is 0 Å². The third kappa shape index (κ3) is 5.81. The monoisotopic (exact) mass is 429 g/mol. The zero-order valence-electron chi connectivity index (χ0n) is 16.4. The Balaban J connectivity index is -0.00000135. The summed E-state index contributed by atoms with van der Waals surface area (Å²) in [5.74, 6) is -0.177. The van der Waals surface area contributed by atoms with Gasteiger partial charge in [-0.25, -0.2) is 9.55 Å². The van der Waals surface area contributed by atoms with Crippen molar-refractivity contribution < 1.29 is 101 Å². The maximum Gasteiger partial charge on any atom is 1.00 e. The number of nitrogen functional groups attached to an aromatic ring is 1. The molecule has 9 N–H and O–H groups in total. The number of fused-ring (bicyclic) bond motifs is 1. The summed E-state index contributed by atoms with van der Waals surface area (Å²) in [6, 6.07) is 0. The fraction of sp³-hybridized carbons (Fsp3) is 0.500. The molecule has 1 saturated heterocycles. The van der Waals surface area contributed by atoms with Gasteiger partial charge in [0.2, 0.25) is 5.95 Å². The smallest absolute Gasteiger partial charge is 1.00 e. The van der Waals surface area contributed by atoms with Crippen LogP contribution >= 0.6 is 7.82 Å². The third-order valence-electron chi connectivity index (χ3n) is 3.47. The van der Waals surface area contributed by atoms with Crippen LogP contribution in [0.25, 0.3) is 11.2 Å². The maximum atomic E-state index is 11.7. The number of nitrogens with zero attached hydrogens (tertiary/aromatic N) is 3. The molecule has 2 aromatic rings. The number of H-pyrrole nitrogens is 1. The van der Waals surface area contributed by atoms with Crippen molar-refractivity contribution in [3.05, 3.63) is 16.7 Å². The van der Waals surface area contributed by atoms with Crippen LogP contribution in [0.2, 0.25) is 0 Å². The van der Waals surface area contributed by atoms with Crippen molar-refractivity contribution in [3.63, 3.8) is 0 Å². The summed E-state index contributed by atoms with van der Waals surface area (Å²) in [6.07, 6.45) is -4.22. The van der Waals surface area contributed by atoms with E-state index in [4.69, 9.17) is 20.3 Å². The Morgan fingerprint density at radius 2 is 2.00 bits per heavy atom. The molecule has 27 heavy (non-hydrogen) atoms. The van der Waals surface area contributed by atoms with Crippen LogP contribution in [0.3, 0.4) is 0 Å². The molecule has 144 valence electrons. The molecule has 1 aliphatic heterocycles. The Labute approximate surface area is 198 Å². The summed E-state index contributed by atoms with van der Waals surface area (Å²) >= 11 is 0. The van der Waals surface area contributed by atoms with E-state index >= 15 is 0 Å². The Kier molecular flexibility index (Phi) is 10.3. The number of aliphatic hydroxyl groups is 2. The van der Waals surface area contributed by atoms with E-state index in [1.165, 1.54) is 10.9 Å². The Bertz CT molecular complexity index is 883. The molecule has 0 saturated carbocycles. The molecule has 1 aliphatic rings. The molecule has 0 aliphatic carbocycles. The number of hydrogen-bond donors (Lipinski definition) is 6. The number of phosphoric acid groups is 1. The Morgan fingerprint density at radius 3 is 2.59 bits per heavy atom. The second kappa shape index (κ2) is 10.2. The molecule has 0 aromatic carbocycles. The number of anilines is 1. The minimum Gasteiger partial charge on any atom is -1.00 e. The van der Waals surface area contributed by atoms with Crippen LogP contribution in [-0.4, -0.2) is 69.9 Å². The van der Waals surface area contributed by atoms with E-state index in [1.807, 2.05) is 0 Å². The van der Waals surface area contributed by atoms with E-state index < -0.39 is 44.5 Å². The molecule has 0 spiro atoms. The maximum absolute atomic E-state index is 11.7. The van der Waals surface area contributed by atoms with Crippen LogP contribution in [0.5, 0.6) is 0 Å². The quantitative estimate of drug-likeness (QED) is 0.197. The van der Waals surface area contributed by atoms with Crippen molar-refractivity contribution in [3.8, 4) is 0 Å². The molecule has 1 fully saturated rings. The topological polar surface area (TPSA) is 238 Å². The van der Waals surface area contributed by atoms with E-state index in [1.54, 1.807) is 0 Å². The fourth-order valence-corrected chi connectivity index (χ4v) is 2.74. The van der Waals surface area contributed by atoms with Gasteiger partial charge in [-0.1, -0.05) is 0 Å². The van der Waals surface area contributed by atoms with Crippen LogP contribution in [0.4, 0.5) is 5.95 Å². The number of nitrogens with two attached hydrogens (primary N) is 1. The number of hydrogen-bond acceptors (Lipinski definition) is 9. The van der Waals surface area contributed by atoms with E-state index in [-0.39, 0.29) is 84.6 Å². The first-order valence-electron chi connectivity index (χ1n) is 6.61. The molecular weight excluding hydrogens is 411 g/mol. The molecule has 4 atom stereocenters. The summed E-state index contributed by atoms with van der Waals surface area (Å²) in [6.45, 7) is -0.651. The second-order valence-corrected chi connectivity index (χ2v) is 6.35. The SMILES string of the molecule is Nc1nc2c(ncn2[C@@H]2O[C@H](COP(=O)(O)O)[C@@H](O)[C@H]2O)c(=O)[nH]1.O.[H-].[H-].[Na+].[Na+]. The van der Waals surface area contributed by atoms with Gasteiger partial charge in [-0.2, -0.15) is 4.98 Å². The molecule has 2 aromatic heterocycles. The largest absolute Gasteiger partial charge is 1.00 e. The van der Waals surface area contributed by atoms with Gasteiger partial charge < -0.3 is 38.8 Å². The summed E-state index contributed by atoms with van der Waals surface area (Å²) < 4.78 is 21.6. The fourth-order valence-electron chi connectivity index (χ4n) is 2.40. The van der Waals surface area contributed by atoms with Crippen molar-refractivity contribution in [1.82, 2.24) is 19.5 Å². The molecule has 17 heteroatoms. The first-order chi connectivity index (χ1) is 11.2. The van der Waals surface area contributed by atoms with Gasteiger partial charge in [0.25, 0.3) is 5.56 Å². The number of imidazole rings is 1. The number of rotatable bonds is 4. The molecular formula is C10H18N5Na2O9P. The average molecular weight is 429 g/mol. The molecule has 3 heterocycles. The van der Waals surface area contributed by atoms with Crippen LogP contribution in [0, 0.1) is 0 Å². The van der Waals surface area contributed by atoms with Crippen LogP contribution in [-0.2, 0) is 13.8 Å². The van der Waals surface area contributed by atoms with Gasteiger partial charge in [0.1, 0.15) is 18.3 Å². The summed E-state index contributed by atoms with van der Waals surface area (Å²) in [5, 5.41) is 20.1. The number of aliphatic hydroxyl groups excluding tert-OH is 2. The summed E-state index contributed by atoms with van der Waals surface area (Å²) in [5.41, 5.74) is 4.84. The van der Waals surface area contributed by atoms with Crippen LogP contribution in [0.1, 0.15) is 9.08 Å². The first-order valence-corrected chi connectivity index (χ1v) is 8.14. The van der Waals surface area contributed by atoms with Crippen molar-refractivity contribution in [1.29, 1.82) is 0 Å². The second-order valence-electron chi connectivity index (χ2n) is 5.11. The predicted molar refractivity (Wildman–Crippen MR) is 82.3 cm³/mol. The first kappa shape index (κ1) is 27.1. The number of nitrogens with one attached hydrogen (secondary N) is 1. The van der Waals surface area contributed by atoms with Crippen molar-refractivity contribution in [2.45, 2.75) is 24.5 Å². The molecule has 0 unspecified atom stereocenters. The van der Waals surface area contributed by atoms with Crippen molar-refractivity contribution >= 4 is 24.9 Å². The van der Waals surface area contributed by atoms with Crippen LogP contribution < -0.4 is 70.4 Å². The van der Waals surface area contributed by atoms with E-state index in [0.29, 0.717) is 0 Å². The van der Waals surface area contributed by atoms with Crippen molar-refractivity contribution in [2.24, 2.45) is 0 Å². The number of aromatic amines is 1. The minimum absolute atomic E-state index is 0. The van der Waals surface area contributed by atoms with Gasteiger partial charge in [0.05, 0.1) is 12.9 Å². The van der Waals surface area contributed by atoms with Gasteiger partial charge in [-0.15, -0.1) is 0 Å². The molecule has 0 amide bonds. The van der Waals surface area contributed by atoms with E-state index in [0.717, 1.165) is 0 Å². The van der Waals surface area contributed by atoms with Gasteiger partial charge in [-0.05, 0) is 0 Å². The number of ether oxygens (including phenoxy) is 1. The minimum atomic E-state index is -4.76. The third-order valence-corrected chi connectivity index (χ3v) is 3.95. The predicted octanol–water partition coefficient (Wildman–Crippen LogP) is -9.16. The van der Waals surface area contributed by atoms with Gasteiger partial charge >= 0.3 is 66.9 Å².